The number of rotatable bonds is 4. The molecule has 0 saturated carbocycles. The number of imidazole rings is 1. The fourth-order valence-electron chi connectivity index (χ4n) is 3.87. The fraction of sp³-hybridized carbons (Fsp3) is 0.0800. The fourth-order valence-corrected chi connectivity index (χ4v) is 3.87. The first kappa shape index (κ1) is 19.7. The van der Waals surface area contributed by atoms with Crippen LogP contribution in [0.25, 0.3) is 44.8 Å². The van der Waals surface area contributed by atoms with Crippen LogP contribution in [0.15, 0.2) is 71.4 Å². The number of hydrogen-bond donors (Lipinski definition) is 1. The van der Waals surface area contributed by atoms with E-state index in [-0.39, 0.29) is 11.5 Å². The third-order valence-electron chi connectivity index (χ3n) is 5.66. The molecule has 0 radical (unpaired) electrons. The largest absolute Gasteiger partial charge is 0.455 e. The van der Waals surface area contributed by atoms with Gasteiger partial charge in [0.15, 0.2) is 0 Å². The molecule has 0 bridgehead atoms. The number of aromatic nitrogens is 2. The highest BCUT2D eigenvalue weighted by Gasteiger charge is 2.25. The zero-order valence-electron chi connectivity index (χ0n) is 17.3. The molecule has 0 atom stereocenters. The van der Waals surface area contributed by atoms with E-state index in [2.05, 4.69) is 9.97 Å². The van der Waals surface area contributed by atoms with Gasteiger partial charge in [0, 0.05) is 23.3 Å². The van der Waals surface area contributed by atoms with Crippen molar-refractivity contribution in [3.05, 3.63) is 94.0 Å². The Kier molecular flexibility index (Phi) is 4.59. The molecule has 0 aliphatic carbocycles. The molecule has 158 valence electrons. The summed E-state index contributed by atoms with van der Waals surface area (Å²) in [6.07, 6.45) is 3.32. The van der Waals surface area contributed by atoms with Gasteiger partial charge in [0.05, 0.1) is 22.1 Å². The van der Waals surface area contributed by atoms with Gasteiger partial charge < -0.3 is 9.40 Å². The molecule has 0 saturated heterocycles. The smallest absolute Gasteiger partial charge is 0.280 e. The Hall–Kier alpha value is -4.26. The maximum absolute atomic E-state index is 13.5. The molecule has 3 aromatic carbocycles. The summed E-state index contributed by atoms with van der Waals surface area (Å²) in [6, 6.07) is 14.9. The number of nitro groups is 1. The number of nitrogens with one attached hydrogen (secondary N) is 1. The van der Waals surface area contributed by atoms with Crippen molar-refractivity contribution in [2.75, 3.05) is 0 Å². The SMILES string of the molecule is Cc1ccc(-c2cc3c(-c4ncc[nH]4)c(-c4ccc(F)cc4)oc3cc2[N+](=O)[O-])cc1C. The minimum atomic E-state index is -0.406. The molecule has 32 heavy (non-hydrogen) atoms. The highest BCUT2D eigenvalue weighted by atomic mass is 19.1. The molecule has 5 rings (SSSR count). The van der Waals surface area contributed by atoms with Gasteiger partial charge in [0.1, 0.15) is 23.0 Å². The lowest BCUT2D eigenvalue weighted by molar-refractivity contribution is -0.384. The quantitative estimate of drug-likeness (QED) is 0.252. The summed E-state index contributed by atoms with van der Waals surface area (Å²) >= 11 is 0. The molecule has 0 unspecified atom stereocenters. The lowest BCUT2D eigenvalue weighted by Gasteiger charge is -2.07. The number of halogens is 1. The van der Waals surface area contributed by atoms with Crippen LogP contribution in [0.5, 0.6) is 0 Å². The number of fused-ring (bicyclic) bond motifs is 1. The predicted molar refractivity (Wildman–Crippen MR) is 121 cm³/mol. The molecule has 0 spiro atoms. The number of furan rings is 1. The van der Waals surface area contributed by atoms with Gasteiger partial charge in [0.2, 0.25) is 0 Å². The van der Waals surface area contributed by atoms with Crippen LogP contribution in [0.3, 0.4) is 0 Å². The average Bonchev–Trinajstić information content (AvgIpc) is 3.42. The van der Waals surface area contributed by atoms with Crippen LogP contribution in [0.2, 0.25) is 0 Å². The van der Waals surface area contributed by atoms with E-state index in [9.17, 15) is 14.5 Å². The Morgan fingerprint density at radius 2 is 1.75 bits per heavy atom. The van der Waals surface area contributed by atoms with Crippen molar-refractivity contribution in [1.82, 2.24) is 9.97 Å². The van der Waals surface area contributed by atoms with Gasteiger partial charge in [-0.3, -0.25) is 10.1 Å². The van der Waals surface area contributed by atoms with Crippen molar-refractivity contribution >= 4 is 16.7 Å². The highest BCUT2D eigenvalue weighted by molar-refractivity contribution is 6.03. The molecular weight excluding hydrogens is 409 g/mol. The summed E-state index contributed by atoms with van der Waals surface area (Å²) < 4.78 is 19.6. The van der Waals surface area contributed by atoms with Crippen LogP contribution in [0.4, 0.5) is 10.1 Å². The number of hydrogen-bond acceptors (Lipinski definition) is 4. The van der Waals surface area contributed by atoms with Crippen LogP contribution < -0.4 is 0 Å². The summed E-state index contributed by atoms with van der Waals surface area (Å²) in [5.74, 6) is 0.654. The molecular formula is C25H18FN3O3. The van der Waals surface area contributed by atoms with Gasteiger partial charge in [-0.1, -0.05) is 18.2 Å². The number of aryl methyl sites for hydroxylation is 2. The molecule has 0 amide bonds. The molecule has 7 heteroatoms. The highest BCUT2D eigenvalue weighted by Crippen LogP contribution is 2.44. The molecule has 0 aliphatic rings. The maximum Gasteiger partial charge on any atom is 0.280 e. The Labute approximate surface area is 182 Å². The van der Waals surface area contributed by atoms with Gasteiger partial charge in [-0.05, 0) is 60.9 Å². The summed E-state index contributed by atoms with van der Waals surface area (Å²) in [5.41, 5.74) is 5.00. The van der Waals surface area contributed by atoms with Crippen LogP contribution in [0.1, 0.15) is 11.1 Å². The summed E-state index contributed by atoms with van der Waals surface area (Å²) in [5, 5.41) is 12.6. The van der Waals surface area contributed by atoms with E-state index in [4.69, 9.17) is 4.42 Å². The third-order valence-corrected chi connectivity index (χ3v) is 5.66. The van der Waals surface area contributed by atoms with Gasteiger partial charge in [-0.25, -0.2) is 9.37 Å². The van der Waals surface area contributed by atoms with E-state index >= 15 is 0 Å². The molecule has 0 aliphatic heterocycles. The second kappa shape index (κ2) is 7.46. The summed E-state index contributed by atoms with van der Waals surface area (Å²) in [6.45, 7) is 3.97. The zero-order chi connectivity index (χ0) is 22.4. The van der Waals surface area contributed by atoms with E-state index in [0.717, 1.165) is 16.7 Å². The number of benzene rings is 3. The van der Waals surface area contributed by atoms with Crippen LogP contribution in [0, 0.1) is 29.8 Å². The Morgan fingerprint density at radius 3 is 2.41 bits per heavy atom. The van der Waals surface area contributed by atoms with Crippen molar-refractivity contribution in [2.24, 2.45) is 0 Å². The van der Waals surface area contributed by atoms with Crippen LogP contribution in [-0.4, -0.2) is 14.9 Å². The van der Waals surface area contributed by atoms with Crippen LogP contribution in [-0.2, 0) is 0 Å². The molecule has 2 heterocycles. The van der Waals surface area contributed by atoms with Crippen LogP contribution >= 0.6 is 0 Å². The lowest BCUT2D eigenvalue weighted by Crippen LogP contribution is -1.93. The lowest BCUT2D eigenvalue weighted by atomic mass is 9.96. The van der Waals surface area contributed by atoms with Gasteiger partial charge in [-0.2, -0.15) is 0 Å². The molecule has 6 nitrogen and oxygen atoms in total. The monoisotopic (exact) mass is 427 g/mol. The Morgan fingerprint density at radius 1 is 1.00 bits per heavy atom. The first-order chi connectivity index (χ1) is 15.4. The van der Waals surface area contributed by atoms with Crippen molar-refractivity contribution in [1.29, 1.82) is 0 Å². The van der Waals surface area contributed by atoms with Crippen molar-refractivity contribution in [3.63, 3.8) is 0 Å². The van der Waals surface area contributed by atoms with E-state index in [1.165, 1.54) is 18.2 Å². The van der Waals surface area contributed by atoms with E-state index in [1.807, 2.05) is 32.0 Å². The van der Waals surface area contributed by atoms with Crippen molar-refractivity contribution in [3.8, 4) is 33.8 Å². The molecule has 2 aromatic heterocycles. The predicted octanol–water partition coefficient (Wildman–Crippen LogP) is 6.82. The van der Waals surface area contributed by atoms with E-state index < -0.39 is 4.92 Å². The molecule has 5 aromatic rings. The van der Waals surface area contributed by atoms with Gasteiger partial charge in [0.25, 0.3) is 5.69 Å². The number of aromatic amines is 1. The average molecular weight is 427 g/mol. The van der Waals surface area contributed by atoms with E-state index in [1.54, 1.807) is 30.6 Å². The Bertz CT molecular complexity index is 1470. The Balaban J connectivity index is 1.84. The second-order valence-corrected chi connectivity index (χ2v) is 7.67. The zero-order valence-corrected chi connectivity index (χ0v) is 17.3. The third kappa shape index (κ3) is 3.24. The van der Waals surface area contributed by atoms with E-state index in [0.29, 0.717) is 39.2 Å². The normalized spacial score (nSPS) is 11.2. The number of H-pyrrole nitrogens is 1. The minimum absolute atomic E-state index is 0.0499. The molecule has 1 N–H and O–H groups in total. The standard InChI is InChI=1S/C25H18FN3O3/c1-14-3-4-17(11-15(14)2)19-12-20-22(13-21(19)29(30)31)32-24(16-5-7-18(26)8-6-16)23(20)25-27-9-10-28-25/h3-13H,1-2H3,(H,27,28). The maximum atomic E-state index is 13.5. The topological polar surface area (TPSA) is 85.0 Å². The van der Waals surface area contributed by atoms with Crippen molar-refractivity contribution in [2.45, 2.75) is 13.8 Å². The second-order valence-electron chi connectivity index (χ2n) is 7.67. The molecule has 0 fully saturated rings. The first-order valence-electron chi connectivity index (χ1n) is 10.0. The number of nitro benzene ring substituents is 1. The minimum Gasteiger partial charge on any atom is -0.455 e. The summed E-state index contributed by atoms with van der Waals surface area (Å²) in [7, 11) is 0. The first-order valence-corrected chi connectivity index (χ1v) is 10.0. The van der Waals surface area contributed by atoms with Gasteiger partial charge in [-0.15, -0.1) is 0 Å². The van der Waals surface area contributed by atoms with Gasteiger partial charge >= 0.3 is 0 Å². The number of nitrogens with zero attached hydrogens (tertiary/aromatic N) is 2. The summed E-state index contributed by atoms with van der Waals surface area (Å²) in [4.78, 5) is 19.0. The van der Waals surface area contributed by atoms with Crippen molar-refractivity contribution < 1.29 is 13.7 Å².